The van der Waals surface area contributed by atoms with Crippen LogP contribution in [0.1, 0.15) is 30.9 Å². The third-order valence-corrected chi connectivity index (χ3v) is 8.79. The van der Waals surface area contributed by atoms with Gasteiger partial charge in [0.1, 0.15) is 23.7 Å². The first-order chi connectivity index (χ1) is 21.9. The van der Waals surface area contributed by atoms with Crippen LogP contribution in [0.5, 0.6) is 5.75 Å². The minimum atomic E-state index is -0.472. The molecule has 2 N–H and O–H groups in total. The SMILES string of the molecule is C=CC(=O)Nc1cc(Nc2cc(N3OCCC3c3ccc(F)c(Cl)c3)ncn2)c(OC)cc1N1CCC(N2CCOCC2)CC1. The van der Waals surface area contributed by atoms with Gasteiger partial charge in [-0.1, -0.05) is 24.2 Å². The van der Waals surface area contributed by atoms with Crippen molar-refractivity contribution < 1.29 is 23.5 Å². The summed E-state index contributed by atoms with van der Waals surface area (Å²) in [5, 5.41) is 8.05. The Morgan fingerprint density at radius 2 is 1.87 bits per heavy atom. The molecule has 1 aromatic heterocycles. The van der Waals surface area contributed by atoms with Crippen LogP contribution in [0.3, 0.4) is 0 Å². The van der Waals surface area contributed by atoms with Crippen molar-refractivity contribution >= 4 is 46.2 Å². The zero-order valence-electron chi connectivity index (χ0n) is 25.2. The Balaban J connectivity index is 1.24. The fourth-order valence-corrected chi connectivity index (χ4v) is 6.38. The number of hydrogen-bond acceptors (Lipinski definition) is 10. The van der Waals surface area contributed by atoms with Crippen molar-refractivity contribution in [3.8, 4) is 5.75 Å². The van der Waals surface area contributed by atoms with Gasteiger partial charge in [0.25, 0.3) is 0 Å². The van der Waals surface area contributed by atoms with Crippen LogP contribution in [-0.2, 0) is 14.4 Å². The molecule has 0 radical (unpaired) electrons. The van der Waals surface area contributed by atoms with E-state index >= 15 is 0 Å². The molecule has 3 aliphatic rings. The lowest BCUT2D eigenvalue weighted by atomic mass is 10.0. The third kappa shape index (κ3) is 6.99. The zero-order chi connectivity index (χ0) is 31.3. The van der Waals surface area contributed by atoms with Gasteiger partial charge in [0.15, 0.2) is 5.82 Å². The van der Waals surface area contributed by atoms with Crippen LogP contribution >= 0.6 is 11.6 Å². The smallest absolute Gasteiger partial charge is 0.247 e. The summed E-state index contributed by atoms with van der Waals surface area (Å²) in [6.45, 7) is 9.30. The summed E-state index contributed by atoms with van der Waals surface area (Å²) < 4.78 is 25.2. The number of hydrogen-bond donors (Lipinski definition) is 2. The second-order valence-corrected chi connectivity index (χ2v) is 11.6. The van der Waals surface area contributed by atoms with E-state index in [1.165, 1.54) is 18.5 Å². The normalized spacial score (nSPS) is 19.4. The van der Waals surface area contributed by atoms with Gasteiger partial charge in [0.05, 0.1) is 55.1 Å². The largest absolute Gasteiger partial charge is 0.494 e. The maximum absolute atomic E-state index is 13.8. The van der Waals surface area contributed by atoms with Crippen LogP contribution < -0.4 is 25.3 Å². The highest BCUT2D eigenvalue weighted by atomic mass is 35.5. The standard InChI is InChI=1S/C32H37ClFN7O4/c1-3-32(42)38-25-17-26(29(43-2)18-28(25)40-9-6-22(7-10-40)39-11-14-44-15-12-39)37-30-19-31(36-20-35-30)41-27(8-13-45-41)21-4-5-24(34)23(33)16-21/h3-5,16-20,22,27H,1,6-15H2,2H3,(H,38,42)(H,35,36,37). The lowest BCUT2D eigenvalue weighted by Crippen LogP contribution is -2.49. The minimum absolute atomic E-state index is 0.0563. The number of benzene rings is 2. The molecular weight excluding hydrogens is 601 g/mol. The highest BCUT2D eigenvalue weighted by Crippen LogP contribution is 2.41. The van der Waals surface area contributed by atoms with Crippen LogP contribution in [-0.4, -0.2) is 79.9 Å². The summed E-state index contributed by atoms with van der Waals surface area (Å²) >= 11 is 6.06. The highest BCUT2D eigenvalue weighted by molar-refractivity contribution is 6.30. The van der Waals surface area contributed by atoms with Gasteiger partial charge in [0, 0.05) is 50.8 Å². The van der Waals surface area contributed by atoms with Crippen LogP contribution in [0.4, 0.5) is 33.1 Å². The second-order valence-electron chi connectivity index (χ2n) is 11.2. The average molecular weight is 638 g/mol. The number of carbonyl (C=O) groups excluding carboxylic acids is 1. The van der Waals surface area contributed by atoms with Gasteiger partial charge < -0.3 is 25.0 Å². The molecule has 6 rings (SSSR count). The molecule has 1 unspecified atom stereocenters. The van der Waals surface area contributed by atoms with E-state index in [2.05, 4.69) is 37.0 Å². The van der Waals surface area contributed by atoms with Crippen molar-refractivity contribution in [3.63, 3.8) is 0 Å². The number of anilines is 5. The summed E-state index contributed by atoms with van der Waals surface area (Å²) in [5.41, 5.74) is 2.94. The molecule has 238 valence electrons. The fourth-order valence-electron chi connectivity index (χ4n) is 6.19. The Bertz CT molecular complexity index is 1530. The van der Waals surface area contributed by atoms with Crippen molar-refractivity contribution in [1.29, 1.82) is 0 Å². The summed E-state index contributed by atoms with van der Waals surface area (Å²) in [6.07, 6.45) is 5.41. The maximum atomic E-state index is 13.8. The van der Waals surface area contributed by atoms with Gasteiger partial charge in [-0.3, -0.25) is 14.5 Å². The number of rotatable bonds is 9. The molecular formula is C32H37ClFN7O4. The maximum Gasteiger partial charge on any atom is 0.247 e. The van der Waals surface area contributed by atoms with Crippen LogP contribution in [0.15, 0.2) is 55.4 Å². The van der Waals surface area contributed by atoms with Crippen molar-refractivity contribution in [2.24, 2.45) is 0 Å². The predicted molar refractivity (Wildman–Crippen MR) is 172 cm³/mol. The molecule has 1 amide bonds. The molecule has 3 aliphatic heterocycles. The molecule has 3 fully saturated rings. The van der Waals surface area contributed by atoms with Crippen molar-refractivity contribution in [3.05, 3.63) is 71.8 Å². The van der Waals surface area contributed by atoms with E-state index in [1.54, 1.807) is 30.4 Å². The van der Waals surface area contributed by atoms with E-state index in [0.717, 1.165) is 63.5 Å². The summed E-state index contributed by atoms with van der Waals surface area (Å²) in [6, 6.07) is 10.5. The Labute approximate surface area is 266 Å². The average Bonchev–Trinajstić information content (AvgIpc) is 3.57. The molecule has 3 aromatic rings. The lowest BCUT2D eigenvalue weighted by Gasteiger charge is -2.41. The van der Waals surface area contributed by atoms with Crippen molar-refractivity contribution in [1.82, 2.24) is 14.9 Å². The van der Waals surface area contributed by atoms with Gasteiger partial charge in [-0.15, -0.1) is 0 Å². The number of nitrogens with one attached hydrogen (secondary N) is 2. The molecule has 3 saturated heterocycles. The van der Waals surface area contributed by atoms with Gasteiger partial charge >= 0.3 is 0 Å². The summed E-state index contributed by atoms with van der Waals surface area (Å²) in [5.74, 6) is 0.825. The topological polar surface area (TPSA) is 104 Å². The van der Waals surface area contributed by atoms with Gasteiger partial charge in [0.2, 0.25) is 5.91 Å². The number of methoxy groups -OCH3 is 1. The molecule has 11 nitrogen and oxygen atoms in total. The monoisotopic (exact) mass is 637 g/mol. The Morgan fingerprint density at radius 3 is 2.60 bits per heavy atom. The number of hydroxylamine groups is 1. The van der Waals surface area contributed by atoms with E-state index < -0.39 is 5.82 Å². The van der Waals surface area contributed by atoms with Gasteiger partial charge in [-0.2, -0.15) is 0 Å². The van der Waals surface area contributed by atoms with Crippen molar-refractivity contribution in [2.45, 2.75) is 31.3 Å². The van der Waals surface area contributed by atoms with E-state index in [-0.39, 0.29) is 17.0 Å². The number of carbonyl (C=O) groups is 1. The Morgan fingerprint density at radius 1 is 1.07 bits per heavy atom. The number of piperidine rings is 1. The first-order valence-electron chi connectivity index (χ1n) is 15.1. The Hall–Kier alpha value is -3.97. The lowest BCUT2D eigenvalue weighted by molar-refractivity contribution is -0.111. The van der Waals surface area contributed by atoms with E-state index in [1.807, 2.05) is 12.1 Å². The van der Waals surface area contributed by atoms with Crippen LogP contribution in [0.2, 0.25) is 5.02 Å². The zero-order valence-corrected chi connectivity index (χ0v) is 25.9. The van der Waals surface area contributed by atoms with Gasteiger partial charge in [-0.05, 0) is 42.7 Å². The number of aromatic nitrogens is 2. The summed E-state index contributed by atoms with van der Waals surface area (Å²) in [7, 11) is 1.61. The first-order valence-corrected chi connectivity index (χ1v) is 15.5. The molecule has 4 heterocycles. The predicted octanol–water partition coefficient (Wildman–Crippen LogP) is 5.33. The molecule has 0 aliphatic carbocycles. The second kappa shape index (κ2) is 14.0. The molecule has 0 saturated carbocycles. The third-order valence-electron chi connectivity index (χ3n) is 8.50. The van der Waals surface area contributed by atoms with E-state index in [4.69, 9.17) is 25.9 Å². The Kier molecular flexibility index (Phi) is 9.64. The molecule has 2 aromatic carbocycles. The fraction of sp³-hybridized carbons (Fsp3) is 0.406. The number of amides is 1. The van der Waals surface area contributed by atoms with Crippen LogP contribution in [0, 0.1) is 5.82 Å². The molecule has 45 heavy (non-hydrogen) atoms. The van der Waals surface area contributed by atoms with Gasteiger partial charge in [-0.25, -0.2) is 19.4 Å². The molecule has 0 spiro atoms. The highest BCUT2D eigenvalue weighted by Gasteiger charge is 2.31. The number of nitrogens with zero attached hydrogens (tertiary/aromatic N) is 5. The van der Waals surface area contributed by atoms with Crippen LogP contribution in [0.25, 0.3) is 0 Å². The molecule has 13 heteroatoms. The molecule has 1 atom stereocenters. The quantitative estimate of drug-likeness (QED) is 0.299. The first kappa shape index (κ1) is 31.0. The molecule has 0 bridgehead atoms. The number of morpholine rings is 1. The summed E-state index contributed by atoms with van der Waals surface area (Å²) in [4.78, 5) is 32.1. The van der Waals surface area contributed by atoms with E-state index in [0.29, 0.717) is 47.8 Å². The number of ether oxygens (including phenoxy) is 2. The van der Waals surface area contributed by atoms with Crippen molar-refractivity contribution in [2.75, 3.05) is 73.7 Å². The number of halogens is 2. The minimum Gasteiger partial charge on any atom is -0.494 e. The van der Waals surface area contributed by atoms with E-state index in [9.17, 15) is 9.18 Å².